The quantitative estimate of drug-likeness (QED) is 0.734. The van der Waals surface area contributed by atoms with Gasteiger partial charge < -0.3 is 19.3 Å². The van der Waals surface area contributed by atoms with E-state index in [1.54, 1.807) is 25.2 Å². The fourth-order valence-corrected chi connectivity index (χ4v) is 3.39. The second-order valence-corrected chi connectivity index (χ2v) is 6.73. The van der Waals surface area contributed by atoms with Gasteiger partial charge in [0.15, 0.2) is 0 Å². The number of morpholine rings is 1. The van der Waals surface area contributed by atoms with E-state index in [0.29, 0.717) is 0 Å². The van der Waals surface area contributed by atoms with Crippen molar-refractivity contribution >= 4 is 23.4 Å². The van der Waals surface area contributed by atoms with Gasteiger partial charge in [0, 0.05) is 37.6 Å². The highest BCUT2D eigenvalue weighted by atomic mass is 32.2. The first kappa shape index (κ1) is 17.8. The van der Waals surface area contributed by atoms with Gasteiger partial charge in [0.05, 0.1) is 20.3 Å². The van der Waals surface area contributed by atoms with Crippen LogP contribution in [0.25, 0.3) is 0 Å². The summed E-state index contributed by atoms with van der Waals surface area (Å²) in [5, 5.41) is 0. The predicted molar refractivity (Wildman–Crippen MR) is 102 cm³/mol. The van der Waals surface area contributed by atoms with Crippen LogP contribution in [0.5, 0.6) is 5.75 Å². The number of nitrogens with zero attached hydrogens (tertiary/aromatic N) is 4. The highest BCUT2D eigenvalue weighted by Crippen LogP contribution is 2.29. The molecule has 1 aromatic carbocycles. The zero-order chi connectivity index (χ0) is 17.6. The van der Waals surface area contributed by atoms with Crippen LogP contribution in [-0.2, 0) is 11.3 Å². The molecule has 1 aliphatic rings. The molecule has 0 radical (unpaired) electrons. The topological polar surface area (TPSA) is 50.7 Å². The van der Waals surface area contributed by atoms with Crippen LogP contribution in [0.2, 0.25) is 0 Å². The zero-order valence-electron chi connectivity index (χ0n) is 14.9. The summed E-state index contributed by atoms with van der Waals surface area (Å²) in [6.45, 7) is 3.99. The molecule has 2 aromatic rings. The molecule has 0 unspecified atom stereocenters. The van der Waals surface area contributed by atoms with Crippen molar-refractivity contribution in [3.63, 3.8) is 0 Å². The summed E-state index contributed by atoms with van der Waals surface area (Å²) in [5.74, 6) is 2.77. The molecule has 0 bridgehead atoms. The lowest BCUT2D eigenvalue weighted by atomic mass is 10.2. The first-order valence-electron chi connectivity index (χ1n) is 8.28. The van der Waals surface area contributed by atoms with Gasteiger partial charge in [0.1, 0.15) is 23.7 Å². The summed E-state index contributed by atoms with van der Waals surface area (Å²) in [7, 11) is 3.75. The Balaban J connectivity index is 1.73. The van der Waals surface area contributed by atoms with E-state index in [0.717, 1.165) is 55.1 Å². The Kier molecular flexibility index (Phi) is 5.99. The molecule has 6 nitrogen and oxygen atoms in total. The molecule has 1 aliphatic heterocycles. The van der Waals surface area contributed by atoms with E-state index < -0.39 is 0 Å². The van der Waals surface area contributed by atoms with Crippen LogP contribution in [0, 0.1) is 0 Å². The maximum Gasteiger partial charge on any atom is 0.134 e. The monoisotopic (exact) mass is 360 g/mol. The van der Waals surface area contributed by atoms with Gasteiger partial charge in [-0.15, -0.1) is 11.8 Å². The zero-order valence-corrected chi connectivity index (χ0v) is 15.8. The molecule has 0 aliphatic carbocycles. The normalized spacial score (nSPS) is 14.4. The number of anilines is 2. The van der Waals surface area contributed by atoms with Gasteiger partial charge in [-0.25, -0.2) is 9.97 Å². The molecule has 3 rings (SSSR count). The Morgan fingerprint density at radius 3 is 2.76 bits per heavy atom. The predicted octanol–water partition coefficient (Wildman–Crippen LogP) is 2.68. The van der Waals surface area contributed by atoms with Crippen molar-refractivity contribution in [3.8, 4) is 5.75 Å². The number of benzene rings is 1. The number of aromatic nitrogens is 2. The number of ether oxygens (including phenoxy) is 2. The van der Waals surface area contributed by atoms with Gasteiger partial charge in [-0.2, -0.15) is 0 Å². The summed E-state index contributed by atoms with van der Waals surface area (Å²) in [6, 6.07) is 8.37. The molecule has 134 valence electrons. The van der Waals surface area contributed by atoms with Gasteiger partial charge in [-0.3, -0.25) is 0 Å². The third-order valence-electron chi connectivity index (χ3n) is 4.23. The molecule has 0 saturated carbocycles. The molecule has 1 saturated heterocycles. The third kappa shape index (κ3) is 4.35. The van der Waals surface area contributed by atoms with Crippen LogP contribution in [0.4, 0.5) is 11.6 Å². The van der Waals surface area contributed by atoms with Crippen molar-refractivity contribution in [2.24, 2.45) is 0 Å². The molecular weight excluding hydrogens is 336 g/mol. The molecule has 0 spiro atoms. The van der Waals surface area contributed by atoms with E-state index in [1.165, 1.54) is 5.56 Å². The number of hydrogen-bond acceptors (Lipinski definition) is 7. The SMILES string of the molecule is COc1cc(CN(C)c2cc(N3CCOCC3)ncn2)ccc1SC. The average Bonchev–Trinajstić information content (AvgIpc) is 2.68. The lowest BCUT2D eigenvalue weighted by Gasteiger charge is -2.28. The van der Waals surface area contributed by atoms with Crippen LogP contribution >= 0.6 is 11.8 Å². The number of rotatable bonds is 6. The second kappa shape index (κ2) is 8.40. The third-order valence-corrected chi connectivity index (χ3v) is 5.01. The molecule has 1 fully saturated rings. The lowest BCUT2D eigenvalue weighted by Crippen LogP contribution is -2.36. The van der Waals surface area contributed by atoms with Gasteiger partial charge in [0.25, 0.3) is 0 Å². The maximum absolute atomic E-state index is 5.48. The van der Waals surface area contributed by atoms with E-state index in [1.807, 2.05) is 13.1 Å². The summed E-state index contributed by atoms with van der Waals surface area (Å²) in [5.41, 5.74) is 1.18. The van der Waals surface area contributed by atoms with Gasteiger partial charge in [-0.1, -0.05) is 6.07 Å². The standard InChI is InChI=1S/C18H24N4O2S/c1-21(12-14-4-5-16(25-3)15(10-14)23-2)17-11-18(20-13-19-17)22-6-8-24-9-7-22/h4-5,10-11,13H,6-9,12H2,1-3H3. The summed E-state index contributed by atoms with van der Waals surface area (Å²) in [4.78, 5) is 14.3. The Morgan fingerprint density at radius 1 is 1.24 bits per heavy atom. The fraction of sp³-hybridized carbons (Fsp3) is 0.444. The Hall–Kier alpha value is -1.99. The van der Waals surface area contributed by atoms with Crippen LogP contribution in [0.15, 0.2) is 35.5 Å². The lowest BCUT2D eigenvalue weighted by molar-refractivity contribution is 0.122. The molecule has 0 amide bonds. The average molecular weight is 360 g/mol. The molecule has 0 N–H and O–H groups in total. The van der Waals surface area contributed by atoms with Crippen LogP contribution in [0.3, 0.4) is 0 Å². The van der Waals surface area contributed by atoms with Crippen molar-refractivity contribution in [1.82, 2.24) is 9.97 Å². The van der Waals surface area contributed by atoms with Crippen molar-refractivity contribution in [2.45, 2.75) is 11.4 Å². The molecule has 7 heteroatoms. The molecule has 2 heterocycles. The summed E-state index contributed by atoms with van der Waals surface area (Å²) in [6.07, 6.45) is 3.69. The largest absolute Gasteiger partial charge is 0.496 e. The van der Waals surface area contributed by atoms with Gasteiger partial charge in [-0.05, 0) is 24.0 Å². The molecule has 1 aromatic heterocycles. The van der Waals surface area contributed by atoms with E-state index in [-0.39, 0.29) is 0 Å². The minimum absolute atomic E-state index is 0.747. The fourth-order valence-electron chi connectivity index (χ4n) is 2.85. The Morgan fingerprint density at radius 2 is 2.04 bits per heavy atom. The van der Waals surface area contributed by atoms with Crippen molar-refractivity contribution < 1.29 is 9.47 Å². The molecule has 25 heavy (non-hydrogen) atoms. The number of methoxy groups -OCH3 is 1. The van der Waals surface area contributed by atoms with Crippen LogP contribution in [0.1, 0.15) is 5.56 Å². The molecule has 0 atom stereocenters. The Bertz CT molecular complexity index is 707. The van der Waals surface area contributed by atoms with Crippen molar-refractivity contribution in [1.29, 1.82) is 0 Å². The molecular formula is C18H24N4O2S. The van der Waals surface area contributed by atoms with Crippen molar-refractivity contribution in [3.05, 3.63) is 36.2 Å². The summed E-state index contributed by atoms with van der Waals surface area (Å²) >= 11 is 1.69. The summed E-state index contributed by atoms with van der Waals surface area (Å²) < 4.78 is 10.9. The minimum Gasteiger partial charge on any atom is -0.496 e. The smallest absolute Gasteiger partial charge is 0.134 e. The van der Waals surface area contributed by atoms with E-state index in [4.69, 9.17) is 9.47 Å². The van der Waals surface area contributed by atoms with Crippen molar-refractivity contribution in [2.75, 3.05) is 56.5 Å². The first-order chi connectivity index (χ1) is 12.2. The minimum atomic E-state index is 0.747. The first-order valence-corrected chi connectivity index (χ1v) is 9.50. The van der Waals surface area contributed by atoms with Gasteiger partial charge in [0.2, 0.25) is 0 Å². The highest BCUT2D eigenvalue weighted by molar-refractivity contribution is 7.98. The van der Waals surface area contributed by atoms with E-state index in [2.05, 4.69) is 44.2 Å². The number of hydrogen-bond donors (Lipinski definition) is 0. The van der Waals surface area contributed by atoms with Gasteiger partial charge >= 0.3 is 0 Å². The Labute approximate surface area is 153 Å². The van der Waals surface area contributed by atoms with Crippen LogP contribution < -0.4 is 14.5 Å². The van der Waals surface area contributed by atoms with Crippen LogP contribution in [-0.4, -0.2) is 56.7 Å². The number of thioether (sulfide) groups is 1. The maximum atomic E-state index is 5.48. The highest BCUT2D eigenvalue weighted by Gasteiger charge is 2.14. The van der Waals surface area contributed by atoms with E-state index >= 15 is 0 Å². The van der Waals surface area contributed by atoms with E-state index in [9.17, 15) is 0 Å². The second-order valence-electron chi connectivity index (χ2n) is 5.88.